The van der Waals surface area contributed by atoms with Crippen molar-refractivity contribution in [2.24, 2.45) is 4.99 Å². The molecular formula is C10H15N. The first-order valence-corrected chi connectivity index (χ1v) is 3.59. The predicted molar refractivity (Wildman–Crippen MR) is 51.9 cm³/mol. The van der Waals surface area contributed by atoms with E-state index in [2.05, 4.69) is 18.3 Å². The molecule has 0 aliphatic heterocycles. The Morgan fingerprint density at radius 3 is 2.18 bits per heavy atom. The summed E-state index contributed by atoms with van der Waals surface area (Å²) < 4.78 is 0. The van der Waals surface area contributed by atoms with Gasteiger partial charge in [0.2, 0.25) is 0 Å². The summed E-state index contributed by atoms with van der Waals surface area (Å²) in [5.41, 5.74) is 3.02. The van der Waals surface area contributed by atoms with Crippen molar-refractivity contribution in [3.63, 3.8) is 0 Å². The maximum Gasteiger partial charge on any atom is 0.0439 e. The van der Waals surface area contributed by atoms with E-state index in [0.29, 0.717) is 0 Å². The van der Waals surface area contributed by atoms with Crippen molar-refractivity contribution in [2.45, 2.75) is 20.8 Å². The molecule has 0 spiro atoms. The number of hydrogen-bond acceptors (Lipinski definition) is 1. The first-order chi connectivity index (χ1) is 5.13. The molecule has 0 heterocycles. The predicted octanol–water partition coefficient (Wildman–Crippen LogP) is 3.11. The van der Waals surface area contributed by atoms with E-state index in [-0.39, 0.29) is 0 Å². The monoisotopic (exact) mass is 149 g/mol. The fourth-order valence-electron chi connectivity index (χ4n) is 0.824. The summed E-state index contributed by atoms with van der Waals surface area (Å²) in [4.78, 5) is 3.85. The minimum atomic E-state index is 0.926. The summed E-state index contributed by atoms with van der Waals surface area (Å²) in [6.07, 6.45) is 3.96. The Bertz CT molecular complexity index is 219. The van der Waals surface area contributed by atoms with Crippen LogP contribution in [-0.4, -0.2) is 6.72 Å². The van der Waals surface area contributed by atoms with Crippen LogP contribution in [0.25, 0.3) is 0 Å². The molecule has 0 saturated heterocycles. The summed E-state index contributed by atoms with van der Waals surface area (Å²) in [6, 6.07) is 0. The second-order valence-electron chi connectivity index (χ2n) is 2.44. The van der Waals surface area contributed by atoms with Crippen LogP contribution >= 0.6 is 0 Å². The van der Waals surface area contributed by atoms with Crippen molar-refractivity contribution in [3.05, 3.63) is 35.6 Å². The van der Waals surface area contributed by atoms with Crippen molar-refractivity contribution < 1.29 is 0 Å². The number of nitrogens with zero attached hydrogens (tertiary/aromatic N) is 1. The van der Waals surface area contributed by atoms with E-state index in [0.717, 1.165) is 16.8 Å². The first kappa shape index (κ1) is 9.89. The Balaban J connectivity index is 4.87. The van der Waals surface area contributed by atoms with Gasteiger partial charge in [-0.15, -0.1) is 0 Å². The highest BCUT2D eigenvalue weighted by molar-refractivity contribution is 5.42. The van der Waals surface area contributed by atoms with E-state index in [1.807, 2.05) is 32.9 Å². The van der Waals surface area contributed by atoms with Crippen LogP contribution in [0.15, 0.2) is 40.6 Å². The van der Waals surface area contributed by atoms with E-state index in [4.69, 9.17) is 0 Å². The molecule has 0 aromatic rings. The molecule has 0 N–H and O–H groups in total. The van der Waals surface area contributed by atoms with Crippen LogP contribution in [-0.2, 0) is 0 Å². The molecule has 1 heteroatoms. The summed E-state index contributed by atoms with van der Waals surface area (Å²) in [5, 5.41) is 0. The number of allylic oxidation sites excluding steroid dienone is 5. The molecule has 0 aliphatic rings. The third kappa shape index (κ3) is 2.99. The van der Waals surface area contributed by atoms with Gasteiger partial charge < -0.3 is 0 Å². The maximum absolute atomic E-state index is 3.85. The van der Waals surface area contributed by atoms with Gasteiger partial charge in [0.15, 0.2) is 0 Å². The maximum atomic E-state index is 3.85. The van der Waals surface area contributed by atoms with E-state index in [1.165, 1.54) is 0 Å². The third-order valence-electron chi connectivity index (χ3n) is 1.42. The normalized spacial score (nSPS) is 13.0. The Labute approximate surface area is 68.9 Å². The fourth-order valence-corrected chi connectivity index (χ4v) is 0.824. The third-order valence-corrected chi connectivity index (χ3v) is 1.42. The minimum Gasteiger partial charge on any atom is -0.269 e. The molecule has 0 bridgehead atoms. The van der Waals surface area contributed by atoms with Crippen LogP contribution in [0.1, 0.15) is 20.8 Å². The molecule has 0 unspecified atom stereocenters. The molecule has 11 heavy (non-hydrogen) atoms. The van der Waals surface area contributed by atoms with Gasteiger partial charge in [-0.1, -0.05) is 18.7 Å². The van der Waals surface area contributed by atoms with Gasteiger partial charge in [0.1, 0.15) is 0 Å². The SMILES string of the molecule is C=N/C(C)=C(\C=C/C)C(=C)C. The lowest BCUT2D eigenvalue weighted by Crippen LogP contribution is -1.83. The smallest absolute Gasteiger partial charge is 0.0439 e. The van der Waals surface area contributed by atoms with Crippen molar-refractivity contribution in [1.29, 1.82) is 0 Å². The van der Waals surface area contributed by atoms with Gasteiger partial charge in [0.25, 0.3) is 0 Å². The highest BCUT2D eigenvalue weighted by atomic mass is 14.7. The second-order valence-corrected chi connectivity index (χ2v) is 2.44. The van der Waals surface area contributed by atoms with Gasteiger partial charge in [-0.3, -0.25) is 4.99 Å². The van der Waals surface area contributed by atoms with Crippen molar-refractivity contribution in [2.75, 3.05) is 0 Å². The molecule has 0 saturated carbocycles. The zero-order chi connectivity index (χ0) is 8.85. The average molecular weight is 149 g/mol. The van der Waals surface area contributed by atoms with E-state index in [1.54, 1.807) is 0 Å². The number of rotatable bonds is 3. The molecule has 0 atom stereocenters. The van der Waals surface area contributed by atoms with E-state index in [9.17, 15) is 0 Å². The van der Waals surface area contributed by atoms with Gasteiger partial charge >= 0.3 is 0 Å². The minimum absolute atomic E-state index is 0.926. The number of aliphatic imine (C=N–C) groups is 1. The lowest BCUT2D eigenvalue weighted by atomic mass is 10.1. The lowest BCUT2D eigenvalue weighted by Gasteiger charge is -2.02. The quantitative estimate of drug-likeness (QED) is 0.432. The average Bonchev–Trinajstić information content (AvgIpc) is 1.98. The molecule has 0 amide bonds. The molecule has 0 fully saturated rings. The molecule has 0 rings (SSSR count). The van der Waals surface area contributed by atoms with Gasteiger partial charge in [0.05, 0.1) is 0 Å². The van der Waals surface area contributed by atoms with Gasteiger partial charge in [-0.2, -0.15) is 0 Å². The molecular weight excluding hydrogens is 134 g/mol. The van der Waals surface area contributed by atoms with Crippen LogP contribution in [0.4, 0.5) is 0 Å². The zero-order valence-corrected chi connectivity index (χ0v) is 7.52. The van der Waals surface area contributed by atoms with Crippen LogP contribution in [0.2, 0.25) is 0 Å². The topological polar surface area (TPSA) is 12.4 Å². The Morgan fingerprint density at radius 1 is 1.36 bits per heavy atom. The largest absolute Gasteiger partial charge is 0.269 e. The summed E-state index contributed by atoms with van der Waals surface area (Å²) in [6.45, 7) is 13.2. The fraction of sp³-hybridized carbons (Fsp3) is 0.300. The van der Waals surface area contributed by atoms with Crippen LogP contribution in [0.3, 0.4) is 0 Å². The highest BCUT2D eigenvalue weighted by Gasteiger charge is 1.96. The van der Waals surface area contributed by atoms with Crippen molar-refractivity contribution in [3.8, 4) is 0 Å². The molecule has 0 aliphatic carbocycles. The van der Waals surface area contributed by atoms with E-state index < -0.39 is 0 Å². The second kappa shape index (κ2) is 4.67. The lowest BCUT2D eigenvalue weighted by molar-refractivity contribution is 1.24. The van der Waals surface area contributed by atoms with Gasteiger partial charge in [-0.05, 0) is 38.6 Å². The molecule has 0 radical (unpaired) electrons. The summed E-state index contributed by atoms with van der Waals surface area (Å²) in [5.74, 6) is 0. The van der Waals surface area contributed by atoms with E-state index >= 15 is 0 Å². The summed E-state index contributed by atoms with van der Waals surface area (Å²) >= 11 is 0. The highest BCUT2D eigenvalue weighted by Crippen LogP contribution is 2.14. The molecule has 0 aromatic carbocycles. The van der Waals surface area contributed by atoms with Crippen LogP contribution in [0.5, 0.6) is 0 Å². The van der Waals surface area contributed by atoms with Gasteiger partial charge in [-0.25, -0.2) is 0 Å². The van der Waals surface area contributed by atoms with Crippen molar-refractivity contribution in [1.82, 2.24) is 0 Å². The van der Waals surface area contributed by atoms with Crippen molar-refractivity contribution >= 4 is 6.72 Å². The molecule has 1 nitrogen and oxygen atoms in total. The number of hydrogen-bond donors (Lipinski definition) is 0. The Morgan fingerprint density at radius 2 is 1.91 bits per heavy atom. The molecule has 60 valence electrons. The van der Waals surface area contributed by atoms with Crippen LogP contribution in [0, 0.1) is 0 Å². The summed E-state index contributed by atoms with van der Waals surface area (Å²) in [7, 11) is 0. The first-order valence-electron chi connectivity index (χ1n) is 3.59. The zero-order valence-electron chi connectivity index (χ0n) is 7.52. The standard InChI is InChI=1S/C10H15N/c1-6-7-10(8(2)3)9(4)11-5/h6-7H,2,5H2,1,3-4H3/b7-6-,10-9+. The molecule has 0 aromatic heterocycles. The van der Waals surface area contributed by atoms with Gasteiger partial charge in [0, 0.05) is 5.70 Å². The Kier molecular flexibility index (Phi) is 4.20. The van der Waals surface area contributed by atoms with Crippen LogP contribution < -0.4 is 0 Å². The Hall–Kier alpha value is -1.11.